The molecular weight excluding hydrogens is 721 g/mol. The molecule has 0 N–H and O–H groups in total. The Morgan fingerprint density at radius 2 is 1.23 bits per heavy atom. The molecule has 3 radical (unpaired) electrons. The number of esters is 1. The van der Waals surface area contributed by atoms with Gasteiger partial charge in [-0.1, -0.05) is 95.7 Å². The van der Waals surface area contributed by atoms with E-state index in [1.54, 1.807) is 6.08 Å². The van der Waals surface area contributed by atoms with Crippen molar-refractivity contribution in [3.05, 3.63) is 41.0 Å². The molecule has 1 aromatic carbocycles. The summed E-state index contributed by atoms with van der Waals surface area (Å²) in [6.07, 6.45) is -2.92. The Hall–Kier alpha value is -1.10. The average molecular weight is 794 g/mol. The lowest BCUT2D eigenvalue weighted by molar-refractivity contribution is -0.263. The lowest BCUT2D eigenvalue weighted by atomic mass is 9.79. The summed E-state index contributed by atoms with van der Waals surface area (Å²) in [5.74, 6) is 0.0501. The molecule has 1 heterocycles. The van der Waals surface area contributed by atoms with Crippen LogP contribution in [0.3, 0.4) is 0 Å². The van der Waals surface area contributed by atoms with Gasteiger partial charge in [0.15, 0.2) is 31.1 Å². The van der Waals surface area contributed by atoms with Crippen LogP contribution in [0.5, 0.6) is 5.75 Å². The SMILES string of the molecule is C=CCOC(=O)[C@H]1O[C@@H](Oc2cc(C)c(C(C)(C)C)c(C)c2CO[Si])[C@H](O[Si](C)(C)C(C)(C)C)[C@@H](O[Si](C)(C)C(C)(C)C)[C@H]1O[Si](C)(C)C(C)(C)C. The topological polar surface area (TPSA) is 81.7 Å². The van der Waals surface area contributed by atoms with Crippen LogP contribution in [-0.4, -0.2) is 78.7 Å². The number of ether oxygens (including phenoxy) is 3. The first-order chi connectivity index (χ1) is 23.2. The Morgan fingerprint density at radius 1 is 0.788 bits per heavy atom. The fourth-order valence-electron chi connectivity index (χ4n) is 5.88. The van der Waals surface area contributed by atoms with Crippen LogP contribution in [0.15, 0.2) is 18.7 Å². The minimum atomic E-state index is -2.53. The van der Waals surface area contributed by atoms with Crippen LogP contribution in [0.25, 0.3) is 0 Å². The highest BCUT2D eigenvalue weighted by atomic mass is 28.4. The minimum Gasteiger partial charge on any atom is -0.462 e. The van der Waals surface area contributed by atoms with Crippen molar-refractivity contribution in [1.29, 1.82) is 0 Å². The van der Waals surface area contributed by atoms with Crippen LogP contribution in [0.1, 0.15) is 105 Å². The molecule has 52 heavy (non-hydrogen) atoms. The second-order valence-corrected chi connectivity index (χ2v) is 34.8. The molecule has 1 fully saturated rings. The Bertz CT molecular complexity index is 1400. The van der Waals surface area contributed by atoms with Crippen molar-refractivity contribution in [2.24, 2.45) is 0 Å². The molecule has 0 aromatic heterocycles. The molecule has 1 aromatic rings. The summed E-state index contributed by atoms with van der Waals surface area (Å²) in [6, 6.07) is 2.05. The van der Waals surface area contributed by atoms with Gasteiger partial charge in [-0.25, -0.2) is 4.79 Å². The number of benzene rings is 1. The Labute approximate surface area is 324 Å². The molecule has 1 aliphatic rings. The largest absolute Gasteiger partial charge is 0.462 e. The molecule has 1 saturated heterocycles. The van der Waals surface area contributed by atoms with E-state index in [0.717, 1.165) is 16.7 Å². The highest BCUT2D eigenvalue weighted by Gasteiger charge is 2.59. The smallest absolute Gasteiger partial charge is 0.338 e. The van der Waals surface area contributed by atoms with Crippen molar-refractivity contribution >= 4 is 41.4 Å². The van der Waals surface area contributed by atoms with Crippen LogP contribution in [-0.2, 0) is 44.0 Å². The minimum absolute atomic E-state index is 0.0356. The third-order valence-electron chi connectivity index (χ3n) is 11.9. The zero-order valence-electron chi connectivity index (χ0n) is 36.4. The van der Waals surface area contributed by atoms with Gasteiger partial charge in [-0.3, -0.25) is 0 Å². The van der Waals surface area contributed by atoms with Crippen molar-refractivity contribution in [1.82, 2.24) is 0 Å². The number of carbonyl (C=O) groups excluding carboxylic acids is 1. The van der Waals surface area contributed by atoms with Crippen LogP contribution >= 0.6 is 0 Å². The maximum Gasteiger partial charge on any atom is 0.338 e. The van der Waals surface area contributed by atoms with Gasteiger partial charge in [0.1, 0.15) is 30.7 Å². The molecule has 297 valence electrons. The number of aryl methyl sites for hydroxylation is 1. The Kier molecular flexibility index (Phi) is 15.0. The average Bonchev–Trinajstić information content (AvgIpc) is 2.93. The molecule has 0 saturated carbocycles. The standard InChI is InChI=1S/C40H73O8Si4/c1-22-23-42-35(41)33-31(46-50(16,17)38(7,8)9)32(47-51(18,19)39(10,11)12)34(48-52(20,21)40(13,14)15)36(45-33)44-29-24-26(2)30(37(4,5)6)27(3)28(29)25-43-49/h22,24,31-34,36H,1,23,25H2,2-21H3/t31-,32+,33+,34-,36-/m1/s1. The van der Waals surface area contributed by atoms with Crippen LogP contribution in [0, 0.1) is 13.8 Å². The van der Waals surface area contributed by atoms with Crippen molar-refractivity contribution < 1.29 is 36.7 Å². The molecule has 1 aliphatic heterocycles. The zero-order valence-corrected chi connectivity index (χ0v) is 40.4. The van der Waals surface area contributed by atoms with E-state index in [2.05, 4.69) is 153 Å². The zero-order chi connectivity index (χ0) is 40.6. The lowest BCUT2D eigenvalue weighted by Crippen LogP contribution is -2.69. The molecule has 5 atom stereocenters. The summed E-state index contributed by atoms with van der Waals surface area (Å²) in [5, 5.41) is -0.465. The van der Waals surface area contributed by atoms with Crippen molar-refractivity contribution in [2.45, 2.75) is 194 Å². The van der Waals surface area contributed by atoms with E-state index in [4.69, 9.17) is 31.9 Å². The van der Waals surface area contributed by atoms with E-state index >= 15 is 0 Å². The summed E-state index contributed by atoms with van der Waals surface area (Å²) in [4.78, 5) is 14.2. The normalized spacial score (nSPS) is 22.7. The van der Waals surface area contributed by atoms with Gasteiger partial charge in [0.05, 0.1) is 6.61 Å². The summed E-state index contributed by atoms with van der Waals surface area (Å²) in [6.45, 7) is 48.0. The highest BCUT2D eigenvalue weighted by Crippen LogP contribution is 2.47. The van der Waals surface area contributed by atoms with Gasteiger partial charge < -0.3 is 31.9 Å². The van der Waals surface area contributed by atoms with Gasteiger partial charge in [0.2, 0.25) is 16.8 Å². The number of rotatable bonds is 13. The molecule has 2 rings (SSSR count). The fourth-order valence-corrected chi connectivity index (χ4v) is 9.90. The van der Waals surface area contributed by atoms with Crippen molar-refractivity contribution in [2.75, 3.05) is 6.61 Å². The van der Waals surface area contributed by atoms with Gasteiger partial charge in [-0.05, 0) is 96.4 Å². The Balaban J connectivity index is 3.06. The first-order valence-corrected chi connectivity index (χ1v) is 27.9. The number of hydrogen-bond donors (Lipinski definition) is 0. The van der Waals surface area contributed by atoms with Gasteiger partial charge >= 0.3 is 5.97 Å². The summed E-state index contributed by atoms with van der Waals surface area (Å²) in [7, 11) is -4.33. The molecule has 0 spiro atoms. The molecular formula is C40H73O8Si4. The molecule has 0 unspecified atom stereocenters. The van der Waals surface area contributed by atoms with Crippen molar-refractivity contribution in [3.63, 3.8) is 0 Å². The molecule has 8 nitrogen and oxygen atoms in total. The van der Waals surface area contributed by atoms with Crippen LogP contribution in [0.2, 0.25) is 54.4 Å². The third kappa shape index (κ3) is 10.8. The van der Waals surface area contributed by atoms with E-state index in [1.807, 2.05) is 6.07 Å². The second-order valence-electron chi connectivity index (χ2n) is 20.2. The summed E-state index contributed by atoms with van der Waals surface area (Å²) >= 11 is 0. The molecule has 0 amide bonds. The predicted octanol–water partition coefficient (Wildman–Crippen LogP) is 10.2. The Morgan fingerprint density at radius 3 is 1.63 bits per heavy atom. The molecule has 0 bridgehead atoms. The van der Waals surface area contributed by atoms with Gasteiger partial charge in [0, 0.05) is 5.56 Å². The monoisotopic (exact) mass is 793 g/mol. The highest BCUT2D eigenvalue weighted by molar-refractivity contribution is 6.75. The third-order valence-corrected chi connectivity index (χ3v) is 25.4. The molecule has 0 aliphatic carbocycles. The fraction of sp³-hybridized carbons (Fsp3) is 0.775. The van der Waals surface area contributed by atoms with Crippen molar-refractivity contribution in [3.8, 4) is 5.75 Å². The van der Waals surface area contributed by atoms with E-state index in [1.165, 1.54) is 5.56 Å². The van der Waals surface area contributed by atoms with E-state index in [0.29, 0.717) is 5.75 Å². The quantitative estimate of drug-likeness (QED) is 0.111. The number of hydrogen-bond acceptors (Lipinski definition) is 8. The van der Waals surface area contributed by atoms with Gasteiger partial charge in [-0.2, -0.15) is 0 Å². The van der Waals surface area contributed by atoms with Crippen LogP contribution in [0.4, 0.5) is 0 Å². The second kappa shape index (κ2) is 16.6. The lowest BCUT2D eigenvalue weighted by Gasteiger charge is -2.53. The van der Waals surface area contributed by atoms with Crippen LogP contribution < -0.4 is 4.74 Å². The van der Waals surface area contributed by atoms with Gasteiger partial charge in [-0.15, -0.1) is 0 Å². The predicted molar refractivity (Wildman–Crippen MR) is 222 cm³/mol. The summed E-state index contributed by atoms with van der Waals surface area (Å²) in [5.41, 5.74) is 4.16. The number of carbonyl (C=O) groups is 1. The van der Waals surface area contributed by atoms with E-state index in [9.17, 15) is 4.79 Å². The summed E-state index contributed by atoms with van der Waals surface area (Å²) < 4.78 is 47.3. The first kappa shape index (κ1) is 47.1. The maximum atomic E-state index is 14.2. The molecule has 12 heteroatoms. The van der Waals surface area contributed by atoms with Gasteiger partial charge in [0.25, 0.3) is 0 Å². The first-order valence-electron chi connectivity index (χ1n) is 18.8. The maximum absolute atomic E-state index is 14.2. The van der Waals surface area contributed by atoms with E-state index < -0.39 is 61.6 Å². The van der Waals surface area contributed by atoms with E-state index in [-0.39, 0.29) is 33.7 Å².